The van der Waals surface area contributed by atoms with Gasteiger partial charge >= 0.3 is 244 Å². The number of aromatic amines is 1. The van der Waals surface area contributed by atoms with E-state index in [1.54, 1.807) is 9.91 Å². The van der Waals surface area contributed by atoms with Crippen LogP contribution in [0.3, 0.4) is 0 Å². The van der Waals surface area contributed by atoms with E-state index in [4.69, 9.17) is 11.8 Å². The third-order valence-corrected chi connectivity index (χ3v) is 9.95. The van der Waals surface area contributed by atoms with Gasteiger partial charge in [-0.05, 0) is 0 Å². The number of nitrogens with zero attached hydrogens (tertiary/aromatic N) is 3. The summed E-state index contributed by atoms with van der Waals surface area (Å²) in [4.78, 5) is 63.5. The van der Waals surface area contributed by atoms with Gasteiger partial charge in [0.05, 0.1) is 0 Å². The van der Waals surface area contributed by atoms with Gasteiger partial charge in [0.15, 0.2) is 0 Å². The molecule has 44 heavy (non-hydrogen) atoms. The van der Waals surface area contributed by atoms with E-state index in [9.17, 15) is 19.2 Å². The molecule has 0 unspecified atom stereocenters. The average molecular weight is 641 g/mol. The Hall–Kier alpha value is -2.55. The Morgan fingerprint density at radius 3 is 2.70 bits per heavy atom. The molecule has 5 atom stereocenters. The summed E-state index contributed by atoms with van der Waals surface area (Å²) < 4.78 is 0. The zero-order chi connectivity index (χ0) is 31.6. The number of H-pyrrole nitrogens is 1. The maximum absolute atomic E-state index is 14.3. The van der Waals surface area contributed by atoms with Crippen molar-refractivity contribution in [3.63, 3.8) is 0 Å². The first-order valence-electron chi connectivity index (χ1n) is 16.3. The van der Waals surface area contributed by atoms with Crippen LogP contribution in [0, 0.1) is 11.8 Å². The van der Waals surface area contributed by atoms with E-state index in [2.05, 4.69) is 28.1 Å². The number of aromatic nitrogens is 1. The van der Waals surface area contributed by atoms with Gasteiger partial charge in [-0.1, -0.05) is 6.92 Å². The molecule has 1 aromatic carbocycles. The van der Waals surface area contributed by atoms with Crippen molar-refractivity contribution in [2.45, 2.75) is 110 Å². The van der Waals surface area contributed by atoms with Crippen LogP contribution in [0.2, 0.25) is 0 Å². The number of hydrogen-bond acceptors (Lipinski definition) is 6. The van der Waals surface area contributed by atoms with Crippen LogP contribution in [-0.2, 0) is 37.4 Å². The molecule has 0 radical (unpaired) electrons. The Labute approximate surface area is 267 Å². The first-order valence-corrected chi connectivity index (χ1v) is 18.1. The Bertz CT molecular complexity index is 1370. The summed E-state index contributed by atoms with van der Waals surface area (Å²) in [6.07, 6.45) is 8.79. The molecule has 11 heteroatoms. The van der Waals surface area contributed by atoms with Crippen LogP contribution in [0.1, 0.15) is 90.5 Å². The first kappa shape index (κ1) is 34.3. The molecule has 2 aromatic rings. The molecule has 1 aromatic heterocycles. The number of fused-ring (bicyclic) bond motifs is 2. The number of ketones is 2. The molecule has 0 saturated carbocycles. The second-order valence-electron chi connectivity index (χ2n) is 12.4. The number of para-hydroxylation sites is 1. The molecule has 0 bridgehead atoms. The normalized spacial score (nSPS) is 24.3. The number of unbranched alkanes of at least 4 members (excludes halogenated alkanes) is 2. The Balaban J connectivity index is 1.67. The van der Waals surface area contributed by atoms with E-state index in [1.807, 2.05) is 38.2 Å². The van der Waals surface area contributed by atoms with Crippen LogP contribution in [0.4, 0.5) is 0 Å². The molecule has 0 aliphatic carbocycles. The fourth-order valence-electron chi connectivity index (χ4n) is 6.72. The Morgan fingerprint density at radius 2 is 1.95 bits per heavy atom. The van der Waals surface area contributed by atoms with Gasteiger partial charge < -0.3 is 0 Å². The predicted molar refractivity (Wildman–Crippen MR) is 177 cm³/mol. The predicted octanol–water partition coefficient (Wildman–Crippen LogP) is 5.93. The van der Waals surface area contributed by atoms with Crippen molar-refractivity contribution in [1.82, 2.24) is 20.2 Å². The maximum atomic E-state index is 14.3. The quantitative estimate of drug-likeness (QED) is 0.220. The molecular formula is C33H47N5O4PS+. The topological polar surface area (TPSA) is 115 Å². The molecule has 0 spiro atoms. The summed E-state index contributed by atoms with van der Waals surface area (Å²) in [5.74, 6) is -0.538. The van der Waals surface area contributed by atoms with Crippen LogP contribution >= 0.6 is 7.15 Å². The summed E-state index contributed by atoms with van der Waals surface area (Å²) in [5, 5.41) is 6.18. The van der Waals surface area contributed by atoms with Crippen LogP contribution in [0.5, 0.6) is 0 Å². The minimum absolute atomic E-state index is 0.0286. The standard InChI is InChI=1S/C33H46N5O4PS/c1-4-22(3)31-33(42)37-17-11-16-29(37)30(40)19-23(12-7-6-8-13-26(39)5-2)32(41)35-25(21-38(31)36-43-44)18-24-20-34-28-15-10-9-14-27(24)28/h9-10,14-15,20,22-23,25,29,31,34H,4-8,11-13,16-19,21H2,1-3H3/p+1/t22-,23+,25-,29+,31-/m0/s1. The number of amides is 2. The zero-order valence-electron chi connectivity index (χ0n) is 26.3. The van der Waals surface area contributed by atoms with Crippen LogP contribution in [0.25, 0.3) is 10.9 Å². The van der Waals surface area contributed by atoms with Gasteiger partial charge in [-0.2, -0.15) is 0 Å². The van der Waals surface area contributed by atoms with E-state index in [1.165, 1.54) is 0 Å². The summed E-state index contributed by atoms with van der Waals surface area (Å²) in [6.45, 7) is 6.83. The minimum atomic E-state index is -0.577. The van der Waals surface area contributed by atoms with Crippen molar-refractivity contribution >= 4 is 53.2 Å². The molecule has 2 saturated heterocycles. The molecule has 2 amide bonds. The summed E-state index contributed by atoms with van der Waals surface area (Å²) in [7, 11) is 0.362. The second kappa shape index (κ2) is 16.7. The van der Waals surface area contributed by atoms with Gasteiger partial charge in [0, 0.05) is 6.42 Å². The molecule has 2 aliphatic heterocycles. The number of rotatable bonds is 12. The Kier molecular flexibility index (Phi) is 13.0. The molecule has 4 rings (SSSR count). The number of nitrogens with one attached hydrogen (secondary N) is 2. The van der Waals surface area contributed by atoms with Crippen molar-refractivity contribution in [3.8, 4) is 0 Å². The van der Waals surface area contributed by atoms with E-state index in [0.29, 0.717) is 52.3 Å². The van der Waals surface area contributed by atoms with E-state index in [0.717, 1.165) is 48.6 Å². The van der Waals surface area contributed by atoms with Crippen molar-refractivity contribution < 1.29 is 19.2 Å². The molecule has 2 aliphatic rings. The van der Waals surface area contributed by atoms with E-state index >= 15 is 0 Å². The number of carbonyl (C=O) groups is 4. The van der Waals surface area contributed by atoms with Crippen LogP contribution in [-0.4, -0.2) is 69.5 Å². The summed E-state index contributed by atoms with van der Waals surface area (Å²) >= 11 is 5.27. The van der Waals surface area contributed by atoms with Crippen LogP contribution in [0.15, 0.2) is 35.3 Å². The first-order chi connectivity index (χ1) is 21.3. The molecule has 9 nitrogen and oxygen atoms in total. The van der Waals surface area contributed by atoms with E-state index in [-0.39, 0.29) is 41.8 Å². The van der Waals surface area contributed by atoms with Gasteiger partial charge in [-0.15, -0.1) is 0 Å². The average Bonchev–Trinajstić information content (AvgIpc) is 3.67. The number of hydrogen-bond donors (Lipinski definition) is 2. The van der Waals surface area contributed by atoms with Gasteiger partial charge in [-0.3, -0.25) is 4.79 Å². The Morgan fingerprint density at radius 1 is 1.16 bits per heavy atom. The van der Waals surface area contributed by atoms with Crippen molar-refractivity contribution in [3.05, 3.63) is 36.0 Å². The zero-order valence-corrected chi connectivity index (χ0v) is 28.0. The monoisotopic (exact) mass is 640 g/mol. The van der Waals surface area contributed by atoms with Crippen LogP contribution < -0.4 is 5.32 Å². The van der Waals surface area contributed by atoms with Gasteiger partial charge in [0.2, 0.25) is 0 Å². The van der Waals surface area contributed by atoms with Crippen molar-refractivity contribution in [1.29, 1.82) is 0 Å². The van der Waals surface area contributed by atoms with E-state index < -0.39 is 18.0 Å². The van der Waals surface area contributed by atoms with Crippen molar-refractivity contribution in [2.24, 2.45) is 16.7 Å². The molecule has 3 heterocycles. The van der Waals surface area contributed by atoms with Gasteiger partial charge in [0.1, 0.15) is 5.78 Å². The third-order valence-electron chi connectivity index (χ3n) is 9.43. The SMILES string of the molecule is CCC(=O)CCCCC[C@@H]1CC(=O)[C@H]2CCCN2C(=O)[C@H]([C@@H](C)CC)N(N=[P+]=S)C[C@H](Cc2c[nH]c3ccccc23)NC1=O. The number of Topliss-reactive ketones (excluding diaryl/α,β-unsaturated/α-hetero) is 2. The van der Waals surface area contributed by atoms with Gasteiger partial charge in [-0.25, -0.2) is 0 Å². The third kappa shape index (κ3) is 8.58. The summed E-state index contributed by atoms with van der Waals surface area (Å²) in [6, 6.07) is 6.61. The molecular weight excluding hydrogens is 593 g/mol. The fourth-order valence-corrected chi connectivity index (χ4v) is 7.28. The molecule has 2 N–H and O–H groups in total. The fraction of sp³-hybridized carbons (Fsp3) is 0.636. The number of benzene rings is 1. The second-order valence-corrected chi connectivity index (χ2v) is 13.3. The van der Waals surface area contributed by atoms with Crippen molar-refractivity contribution in [2.75, 3.05) is 13.1 Å². The molecule has 238 valence electrons. The molecule has 2 fully saturated rings. The van der Waals surface area contributed by atoms with Gasteiger partial charge in [0.25, 0.3) is 0 Å². The summed E-state index contributed by atoms with van der Waals surface area (Å²) in [5.41, 5.74) is 2.08. The number of carbonyl (C=O) groups excluding carboxylic acids is 4.